The van der Waals surface area contributed by atoms with Crippen LogP contribution in [-0.2, 0) is 22.8 Å². The van der Waals surface area contributed by atoms with Crippen LogP contribution in [0.2, 0.25) is 0 Å². The van der Waals surface area contributed by atoms with Gasteiger partial charge in [0.15, 0.2) is 0 Å². The Morgan fingerprint density at radius 3 is 2.59 bits per heavy atom. The van der Waals surface area contributed by atoms with Gasteiger partial charge in [0.25, 0.3) is 0 Å². The lowest BCUT2D eigenvalue weighted by atomic mass is 10.1. The molecule has 29 heavy (non-hydrogen) atoms. The van der Waals surface area contributed by atoms with Gasteiger partial charge in [0.1, 0.15) is 11.5 Å². The molecular formula is C21H19F3N2O3. The lowest BCUT2D eigenvalue weighted by Gasteiger charge is -2.11. The van der Waals surface area contributed by atoms with E-state index in [1.807, 2.05) is 6.20 Å². The predicted molar refractivity (Wildman–Crippen MR) is 99.7 cm³/mol. The van der Waals surface area contributed by atoms with Gasteiger partial charge in [-0.1, -0.05) is 0 Å². The third-order valence-corrected chi connectivity index (χ3v) is 4.92. The summed E-state index contributed by atoms with van der Waals surface area (Å²) in [5.41, 5.74) is 0.927. The van der Waals surface area contributed by atoms with Gasteiger partial charge in [-0.05, 0) is 55.3 Å². The van der Waals surface area contributed by atoms with Crippen molar-refractivity contribution in [3.63, 3.8) is 0 Å². The van der Waals surface area contributed by atoms with Gasteiger partial charge in [0.2, 0.25) is 0 Å². The van der Waals surface area contributed by atoms with Gasteiger partial charge in [0, 0.05) is 24.5 Å². The second-order valence-electron chi connectivity index (χ2n) is 7.08. The van der Waals surface area contributed by atoms with Crippen molar-refractivity contribution in [3.8, 4) is 11.5 Å². The molecule has 1 aliphatic rings. The van der Waals surface area contributed by atoms with E-state index in [0.717, 1.165) is 28.6 Å². The zero-order valence-corrected chi connectivity index (χ0v) is 15.9. The first kappa shape index (κ1) is 19.3. The number of esters is 1. The zero-order chi connectivity index (χ0) is 20.8. The van der Waals surface area contributed by atoms with E-state index >= 15 is 0 Å². The molecule has 152 valence electrons. The molecule has 0 spiro atoms. The van der Waals surface area contributed by atoms with Crippen LogP contribution in [0.5, 0.6) is 11.5 Å². The van der Waals surface area contributed by atoms with Crippen LogP contribution in [0.15, 0.2) is 42.6 Å². The fourth-order valence-corrected chi connectivity index (χ4v) is 3.49. The maximum absolute atomic E-state index is 12.7. The Morgan fingerprint density at radius 2 is 1.93 bits per heavy atom. The molecule has 0 unspecified atom stereocenters. The smallest absolute Gasteiger partial charge is 0.416 e. The summed E-state index contributed by atoms with van der Waals surface area (Å²) in [6.07, 6.45) is -1.89. The molecule has 0 amide bonds. The van der Waals surface area contributed by atoms with E-state index in [9.17, 15) is 18.0 Å². The Morgan fingerprint density at radius 1 is 1.21 bits per heavy atom. The van der Waals surface area contributed by atoms with Crippen LogP contribution in [0.3, 0.4) is 0 Å². The van der Waals surface area contributed by atoms with Gasteiger partial charge in [-0.25, -0.2) is 0 Å². The number of carbonyl (C=O) groups excluding carboxylic acids is 1. The summed E-state index contributed by atoms with van der Waals surface area (Å²) < 4.78 is 50.8. The number of carbonyl (C=O) groups is 1. The molecule has 1 saturated carbocycles. The number of aryl methyl sites for hydroxylation is 1. The Hall–Kier alpha value is -3.03. The van der Waals surface area contributed by atoms with Crippen molar-refractivity contribution >= 4 is 16.9 Å². The molecule has 0 radical (unpaired) electrons. The third kappa shape index (κ3) is 3.92. The topological polar surface area (TPSA) is 53.4 Å². The van der Waals surface area contributed by atoms with Gasteiger partial charge in [0.05, 0.1) is 23.6 Å². The quantitative estimate of drug-likeness (QED) is 0.559. The Bertz CT molecular complexity index is 1060. The minimum atomic E-state index is -4.39. The summed E-state index contributed by atoms with van der Waals surface area (Å²) in [6, 6.07) is 8.12. The number of hydrogen-bond donors (Lipinski definition) is 0. The number of ether oxygens (including phenoxy) is 2. The molecule has 2 atom stereocenters. The average molecular weight is 404 g/mol. The van der Waals surface area contributed by atoms with Crippen molar-refractivity contribution in [2.75, 3.05) is 6.61 Å². The third-order valence-electron chi connectivity index (χ3n) is 4.92. The van der Waals surface area contributed by atoms with Crippen LogP contribution in [-0.4, -0.2) is 22.4 Å². The van der Waals surface area contributed by atoms with Crippen molar-refractivity contribution < 1.29 is 27.4 Å². The summed E-state index contributed by atoms with van der Waals surface area (Å²) in [4.78, 5) is 12.0. The first-order valence-corrected chi connectivity index (χ1v) is 9.25. The van der Waals surface area contributed by atoms with Crippen molar-refractivity contribution in [1.82, 2.24) is 9.78 Å². The molecule has 3 aromatic rings. The van der Waals surface area contributed by atoms with Crippen LogP contribution in [0, 0.1) is 5.92 Å². The molecule has 0 saturated heterocycles. The van der Waals surface area contributed by atoms with E-state index in [2.05, 4.69) is 5.10 Å². The highest BCUT2D eigenvalue weighted by Gasteiger charge is 2.46. The standard InChI is InChI=1S/C21H19F3N2O3/c1-3-28-20(27)18-10-16(18)17-9-15(8-12-11-26(2)25-19(12)17)29-14-6-4-13(5-7-14)21(22,23)24/h4-9,11,16,18H,3,10H2,1-2H3/t16-,18+/m0/s1. The molecule has 2 aromatic carbocycles. The highest BCUT2D eigenvalue weighted by molar-refractivity contribution is 5.86. The number of rotatable bonds is 5. The van der Waals surface area contributed by atoms with Crippen molar-refractivity contribution in [2.24, 2.45) is 13.0 Å². The second-order valence-corrected chi connectivity index (χ2v) is 7.08. The SMILES string of the molecule is CCOC(=O)[C@@H]1C[C@H]1c1cc(Oc2ccc(C(F)(F)F)cc2)cc2cn(C)nc12. The van der Waals surface area contributed by atoms with Gasteiger partial charge < -0.3 is 9.47 Å². The fourth-order valence-electron chi connectivity index (χ4n) is 3.49. The number of benzene rings is 2. The molecule has 0 N–H and O–H groups in total. The number of halogens is 3. The van der Waals surface area contributed by atoms with Crippen LogP contribution in [0.1, 0.15) is 30.4 Å². The molecule has 1 aromatic heterocycles. The first-order chi connectivity index (χ1) is 13.8. The molecule has 1 fully saturated rings. The molecule has 4 rings (SSSR count). The summed E-state index contributed by atoms with van der Waals surface area (Å²) in [5, 5.41) is 5.32. The van der Waals surface area contributed by atoms with Crippen molar-refractivity contribution in [2.45, 2.75) is 25.4 Å². The molecule has 8 heteroatoms. The lowest BCUT2D eigenvalue weighted by molar-refractivity contribution is -0.144. The van der Waals surface area contributed by atoms with Gasteiger partial charge in [-0.15, -0.1) is 0 Å². The van der Waals surface area contributed by atoms with E-state index in [4.69, 9.17) is 9.47 Å². The maximum atomic E-state index is 12.7. The number of nitrogens with zero attached hydrogens (tertiary/aromatic N) is 2. The number of hydrogen-bond acceptors (Lipinski definition) is 4. The Balaban J connectivity index is 1.63. The van der Waals surface area contributed by atoms with E-state index in [0.29, 0.717) is 24.5 Å². The summed E-state index contributed by atoms with van der Waals surface area (Å²) >= 11 is 0. The number of aromatic nitrogens is 2. The Labute approximate surface area is 165 Å². The first-order valence-electron chi connectivity index (χ1n) is 9.25. The minimum Gasteiger partial charge on any atom is -0.466 e. The average Bonchev–Trinajstić information content (AvgIpc) is 3.36. The highest BCUT2D eigenvalue weighted by atomic mass is 19.4. The fraction of sp³-hybridized carbons (Fsp3) is 0.333. The largest absolute Gasteiger partial charge is 0.466 e. The second kappa shape index (κ2) is 7.09. The maximum Gasteiger partial charge on any atom is 0.416 e. The van der Waals surface area contributed by atoms with Crippen LogP contribution in [0.4, 0.5) is 13.2 Å². The van der Waals surface area contributed by atoms with Crippen molar-refractivity contribution in [1.29, 1.82) is 0 Å². The van der Waals surface area contributed by atoms with E-state index in [1.54, 1.807) is 30.8 Å². The van der Waals surface area contributed by atoms with Crippen LogP contribution < -0.4 is 4.74 Å². The molecule has 5 nitrogen and oxygen atoms in total. The van der Waals surface area contributed by atoms with E-state index in [1.165, 1.54) is 12.1 Å². The highest BCUT2D eigenvalue weighted by Crippen LogP contribution is 2.51. The van der Waals surface area contributed by atoms with E-state index in [-0.39, 0.29) is 17.8 Å². The van der Waals surface area contributed by atoms with E-state index < -0.39 is 11.7 Å². The molecule has 1 heterocycles. The summed E-state index contributed by atoms with van der Waals surface area (Å²) in [6.45, 7) is 2.10. The number of fused-ring (bicyclic) bond motifs is 1. The van der Waals surface area contributed by atoms with Gasteiger partial charge >= 0.3 is 12.1 Å². The summed E-state index contributed by atoms with van der Waals surface area (Å²) in [7, 11) is 1.80. The van der Waals surface area contributed by atoms with Crippen molar-refractivity contribution in [3.05, 3.63) is 53.7 Å². The normalized spacial score (nSPS) is 18.7. The van der Waals surface area contributed by atoms with Crippen LogP contribution >= 0.6 is 0 Å². The minimum absolute atomic E-state index is 0.0115. The molecule has 0 bridgehead atoms. The van der Waals surface area contributed by atoms with Crippen LogP contribution in [0.25, 0.3) is 10.9 Å². The summed E-state index contributed by atoms with van der Waals surface area (Å²) in [5.74, 6) is 0.333. The zero-order valence-electron chi connectivity index (χ0n) is 15.9. The lowest BCUT2D eigenvalue weighted by Crippen LogP contribution is -2.07. The molecular weight excluding hydrogens is 385 g/mol. The monoisotopic (exact) mass is 404 g/mol. The number of alkyl halides is 3. The van der Waals surface area contributed by atoms with Gasteiger partial charge in [-0.3, -0.25) is 9.48 Å². The molecule has 1 aliphatic carbocycles. The Kier molecular flexibility index (Phi) is 4.72. The molecule has 0 aliphatic heterocycles. The predicted octanol–water partition coefficient (Wildman–Crippen LogP) is 5.05. The van der Waals surface area contributed by atoms with Gasteiger partial charge in [-0.2, -0.15) is 18.3 Å².